The molecule has 19 heavy (non-hydrogen) atoms. The molecular formula is C12H16Cl2N2O2S. The van der Waals surface area contributed by atoms with Gasteiger partial charge in [-0.25, -0.2) is 8.42 Å². The van der Waals surface area contributed by atoms with Gasteiger partial charge >= 0.3 is 0 Å². The third-order valence-corrected chi connectivity index (χ3v) is 5.83. The molecule has 4 nitrogen and oxygen atoms in total. The van der Waals surface area contributed by atoms with Crippen LogP contribution in [0.25, 0.3) is 0 Å². The van der Waals surface area contributed by atoms with Crippen molar-refractivity contribution in [3.05, 3.63) is 33.8 Å². The lowest BCUT2D eigenvalue weighted by atomic mass is 10.1. The molecule has 0 amide bonds. The van der Waals surface area contributed by atoms with Gasteiger partial charge in [-0.05, 0) is 11.6 Å². The summed E-state index contributed by atoms with van der Waals surface area (Å²) in [4.78, 5) is 2.05. The van der Waals surface area contributed by atoms with Crippen LogP contribution < -0.4 is 5.73 Å². The van der Waals surface area contributed by atoms with Crippen molar-refractivity contribution in [2.24, 2.45) is 5.73 Å². The molecule has 1 aromatic rings. The van der Waals surface area contributed by atoms with Gasteiger partial charge in [0.2, 0.25) is 0 Å². The zero-order valence-electron chi connectivity index (χ0n) is 10.4. The molecule has 0 saturated carbocycles. The standard InChI is InChI=1S/C12H16Cl2N2O2S/c13-10-3-1-2-9(12(10)14)11(8-15)16-4-6-19(17,18)7-5-16/h1-3,11H,4-8,15H2. The van der Waals surface area contributed by atoms with Crippen molar-refractivity contribution in [1.82, 2.24) is 4.90 Å². The fraction of sp³-hybridized carbons (Fsp3) is 0.500. The predicted octanol–water partition coefficient (Wildman–Crippen LogP) is 1.72. The van der Waals surface area contributed by atoms with E-state index in [0.29, 0.717) is 29.7 Å². The van der Waals surface area contributed by atoms with Crippen LogP contribution in [0.15, 0.2) is 18.2 Å². The van der Waals surface area contributed by atoms with E-state index in [-0.39, 0.29) is 17.5 Å². The van der Waals surface area contributed by atoms with E-state index >= 15 is 0 Å². The Kier molecular flexibility index (Phi) is 4.74. The van der Waals surface area contributed by atoms with Gasteiger partial charge in [-0.15, -0.1) is 0 Å². The number of rotatable bonds is 3. The molecule has 2 N–H and O–H groups in total. The molecule has 1 aromatic carbocycles. The average molecular weight is 323 g/mol. The van der Waals surface area contributed by atoms with Crippen LogP contribution in [0.3, 0.4) is 0 Å². The van der Waals surface area contributed by atoms with Gasteiger partial charge in [0.1, 0.15) is 0 Å². The Morgan fingerprint density at radius 2 is 1.89 bits per heavy atom. The van der Waals surface area contributed by atoms with Crippen LogP contribution in [0, 0.1) is 0 Å². The first-order valence-electron chi connectivity index (χ1n) is 6.03. The quantitative estimate of drug-likeness (QED) is 0.920. The van der Waals surface area contributed by atoms with Crippen LogP contribution in [-0.4, -0.2) is 44.5 Å². The molecule has 0 bridgehead atoms. The number of nitrogens with two attached hydrogens (primary N) is 1. The second kappa shape index (κ2) is 5.97. The minimum Gasteiger partial charge on any atom is -0.329 e. The molecule has 0 spiro atoms. The molecule has 106 valence electrons. The maximum absolute atomic E-state index is 11.5. The molecule has 0 aliphatic carbocycles. The van der Waals surface area contributed by atoms with Gasteiger partial charge < -0.3 is 5.73 Å². The Balaban J connectivity index is 2.23. The SMILES string of the molecule is NCC(c1cccc(Cl)c1Cl)N1CCS(=O)(=O)CC1. The van der Waals surface area contributed by atoms with Crippen molar-refractivity contribution in [3.8, 4) is 0 Å². The monoisotopic (exact) mass is 322 g/mol. The molecular weight excluding hydrogens is 307 g/mol. The minimum absolute atomic E-state index is 0.0956. The van der Waals surface area contributed by atoms with Gasteiger partial charge in [0.15, 0.2) is 9.84 Å². The normalized spacial score (nSPS) is 21.2. The van der Waals surface area contributed by atoms with Crippen LogP contribution in [0.1, 0.15) is 11.6 Å². The van der Waals surface area contributed by atoms with E-state index in [1.54, 1.807) is 6.07 Å². The van der Waals surface area contributed by atoms with Gasteiger partial charge in [-0.2, -0.15) is 0 Å². The van der Waals surface area contributed by atoms with E-state index in [1.807, 2.05) is 12.1 Å². The number of benzene rings is 1. The van der Waals surface area contributed by atoms with E-state index in [2.05, 4.69) is 4.90 Å². The average Bonchev–Trinajstić information content (AvgIpc) is 2.37. The summed E-state index contributed by atoms with van der Waals surface area (Å²) in [6.07, 6.45) is 0. The summed E-state index contributed by atoms with van der Waals surface area (Å²) in [7, 11) is -2.90. The summed E-state index contributed by atoms with van der Waals surface area (Å²) in [6, 6.07) is 5.34. The smallest absolute Gasteiger partial charge is 0.152 e. The number of hydrogen-bond donors (Lipinski definition) is 1. The van der Waals surface area contributed by atoms with Crippen molar-refractivity contribution in [1.29, 1.82) is 0 Å². The Morgan fingerprint density at radius 3 is 2.47 bits per heavy atom. The Morgan fingerprint density at radius 1 is 1.26 bits per heavy atom. The van der Waals surface area contributed by atoms with Crippen LogP contribution in [0.5, 0.6) is 0 Å². The lowest BCUT2D eigenvalue weighted by Gasteiger charge is -2.34. The van der Waals surface area contributed by atoms with Crippen molar-refractivity contribution in [2.45, 2.75) is 6.04 Å². The molecule has 1 fully saturated rings. The van der Waals surface area contributed by atoms with E-state index in [9.17, 15) is 8.42 Å². The van der Waals surface area contributed by atoms with Crippen molar-refractivity contribution in [2.75, 3.05) is 31.1 Å². The highest BCUT2D eigenvalue weighted by atomic mass is 35.5. The van der Waals surface area contributed by atoms with E-state index < -0.39 is 9.84 Å². The van der Waals surface area contributed by atoms with Crippen LogP contribution in [0.2, 0.25) is 10.0 Å². The van der Waals surface area contributed by atoms with Crippen molar-refractivity contribution >= 4 is 33.0 Å². The number of halogens is 2. The highest BCUT2D eigenvalue weighted by Gasteiger charge is 2.28. The summed E-state index contributed by atoms with van der Waals surface area (Å²) >= 11 is 12.2. The molecule has 7 heteroatoms. The Bertz CT molecular complexity index is 549. The predicted molar refractivity (Wildman–Crippen MR) is 78.5 cm³/mol. The lowest BCUT2D eigenvalue weighted by Crippen LogP contribution is -2.44. The van der Waals surface area contributed by atoms with Gasteiger partial charge in [-0.3, -0.25) is 4.90 Å². The number of sulfone groups is 1. The molecule has 0 aromatic heterocycles. The molecule has 1 heterocycles. The first-order chi connectivity index (χ1) is 8.94. The molecule has 2 rings (SSSR count). The molecule has 1 unspecified atom stereocenters. The number of nitrogens with zero attached hydrogens (tertiary/aromatic N) is 1. The topological polar surface area (TPSA) is 63.4 Å². The zero-order chi connectivity index (χ0) is 14.0. The summed E-state index contributed by atoms with van der Waals surface area (Å²) in [5.74, 6) is 0.337. The van der Waals surface area contributed by atoms with Gasteiger partial charge in [0.05, 0.1) is 21.6 Å². The van der Waals surface area contributed by atoms with Gasteiger partial charge in [0, 0.05) is 25.7 Å². The van der Waals surface area contributed by atoms with Gasteiger partial charge in [0.25, 0.3) is 0 Å². The number of hydrogen-bond acceptors (Lipinski definition) is 4. The molecule has 1 saturated heterocycles. The largest absolute Gasteiger partial charge is 0.329 e. The maximum atomic E-state index is 11.5. The minimum atomic E-state index is -2.90. The second-order valence-corrected chi connectivity index (χ2v) is 7.67. The highest BCUT2D eigenvalue weighted by molar-refractivity contribution is 7.91. The Labute approximate surface area is 123 Å². The van der Waals surface area contributed by atoms with Gasteiger partial charge in [-0.1, -0.05) is 35.3 Å². The fourth-order valence-corrected chi connectivity index (χ4v) is 3.95. The van der Waals surface area contributed by atoms with E-state index in [1.165, 1.54) is 0 Å². The zero-order valence-corrected chi connectivity index (χ0v) is 12.7. The fourth-order valence-electron chi connectivity index (χ4n) is 2.29. The molecule has 1 atom stereocenters. The summed E-state index contributed by atoms with van der Waals surface area (Å²) in [5.41, 5.74) is 6.69. The van der Waals surface area contributed by atoms with E-state index in [4.69, 9.17) is 28.9 Å². The molecule has 1 aliphatic rings. The van der Waals surface area contributed by atoms with Crippen LogP contribution in [0.4, 0.5) is 0 Å². The summed E-state index contributed by atoms with van der Waals surface area (Å²) in [6.45, 7) is 1.33. The summed E-state index contributed by atoms with van der Waals surface area (Å²) in [5, 5.41) is 0.982. The second-order valence-electron chi connectivity index (χ2n) is 4.58. The van der Waals surface area contributed by atoms with Crippen molar-refractivity contribution < 1.29 is 8.42 Å². The first-order valence-corrected chi connectivity index (χ1v) is 8.61. The lowest BCUT2D eigenvalue weighted by molar-refractivity contribution is 0.219. The molecule has 0 radical (unpaired) electrons. The van der Waals surface area contributed by atoms with Crippen LogP contribution >= 0.6 is 23.2 Å². The van der Waals surface area contributed by atoms with E-state index in [0.717, 1.165) is 5.56 Å². The Hall–Kier alpha value is -0.330. The third kappa shape index (κ3) is 3.41. The first kappa shape index (κ1) is 15.1. The van der Waals surface area contributed by atoms with Crippen molar-refractivity contribution in [3.63, 3.8) is 0 Å². The third-order valence-electron chi connectivity index (χ3n) is 3.38. The molecule has 1 aliphatic heterocycles. The highest BCUT2D eigenvalue weighted by Crippen LogP contribution is 2.32. The maximum Gasteiger partial charge on any atom is 0.152 e. The van der Waals surface area contributed by atoms with Crippen LogP contribution in [-0.2, 0) is 9.84 Å². The summed E-state index contributed by atoms with van der Waals surface area (Å²) < 4.78 is 22.9.